The lowest BCUT2D eigenvalue weighted by Gasteiger charge is -2.21. The van der Waals surface area contributed by atoms with Gasteiger partial charge in [0.05, 0.1) is 0 Å². The quantitative estimate of drug-likeness (QED) is 0.693. The molecule has 1 spiro atoms. The molecule has 4 nitrogen and oxygen atoms in total. The van der Waals surface area contributed by atoms with E-state index in [2.05, 4.69) is 10.6 Å². The zero-order valence-corrected chi connectivity index (χ0v) is 11.6. The van der Waals surface area contributed by atoms with E-state index in [0.29, 0.717) is 6.42 Å². The van der Waals surface area contributed by atoms with Crippen LogP contribution in [-0.2, 0) is 17.6 Å². The molecule has 1 aliphatic heterocycles. The number of nitrogens with one attached hydrogen (secondary N) is 2. The third-order valence-corrected chi connectivity index (χ3v) is 4.48. The first-order valence-corrected chi connectivity index (χ1v) is 7.17. The van der Waals surface area contributed by atoms with E-state index in [1.165, 1.54) is 11.1 Å². The Morgan fingerprint density at radius 3 is 2.62 bits per heavy atom. The van der Waals surface area contributed by atoms with E-state index in [-0.39, 0.29) is 12.1 Å². The van der Waals surface area contributed by atoms with Gasteiger partial charge in [0.15, 0.2) is 0 Å². The van der Waals surface area contributed by atoms with Crippen LogP contribution in [0.3, 0.4) is 0 Å². The van der Waals surface area contributed by atoms with Crippen molar-refractivity contribution >= 4 is 11.6 Å². The van der Waals surface area contributed by atoms with Crippen LogP contribution in [0.1, 0.15) is 22.9 Å². The average Bonchev–Trinajstić information content (AvgIpc) is 3.00. The van der Waals surface area contributed by atoms with Gasteiger partial charge in [-0.3, -0.25) is 10.1 Å². The fourth-order valence-corrected chi connectivity index (χ4v) is 3.42. The summed E-state index contributed by atoms with van der Waals surface area (Å²) in [5.74, 6) is 0.0751. The van der Waals surface area contributed by atoms with Gasteiger partial charge in [0.2, 0.25) is 5.91 Å². The summed E-state index contributed by atoms with van der Waals surface area (Å²) in [7, 11) is 0. The lowest BCUT2D eigenvalue weighted by atomic mass is 9.96. The maximum Gasteiger partial charge on any atom is 0.242 e. The van der Waals surface area contributed by atoms with E-state index in [4.69, 9.17) is 5.73 Å². The second kappa shape index (κ2) is 4.33. The maximum atomic E-state index is 12.5. The number of benzene rings is 2. The summed E-state index contributed by atoms with van der Waals surface area (Å²) in [6, 6.07) is 15.9. The molecule has 0 aromatic heterocycles. The lowest BCUT2D eigenvalue weighted by molar-refractivity contribution is -0.123. The molecule has 2 aromatic carbocycles. The number of anilines is 1. The van der Waals surface area contributed by atoms with Gasteiger partial charge in [0.25, 0.3) is 0 Å². The normalized spacial score (nSPS) is 26.9. The van der Waals surface area contributed by atoms with Crippen molar-refractivity contribution < 1.29 is 4.79 Å². The van der Waals surface area contributed by atoms with Crippen LogP contribution >= 0.6 is 0 Å². The highest BCUT2D eigenvalue weighted by atomic mass is 16.2. The number of fused-ring (bicyclic) bond motifs is 1. The topological polar surface area (TPSA) is 67.2 Å². The molecule has 0 bridgehead atoms. The van der Waals surface area contributed by atoms with Crippen LogP contribution in [0, 0.1) is 0 Å². The van der Waals surface area contributed by atoms with Crippen LogP contribution in [0.15, 0.2) is 48.5 Å². The number of nitrogen functional groups attached to an aromatic ring is 1. The predicted molar refractivity (Wildman–Crippen MR) is 81.5 cm³/mol. The van der Waals surface area contributed by atoms with E-state index in [1.54, 1.807) is 0 Å². The van der Waals surface area contributed by atoms with Gasteiger partial charge >= 0.3 is 0 Å². The van der Waals surface area contributed by atoms with Gasteiger partial charge in [-0.2, -0.15) is 0 Å². The molecule has 1 aliphatic carbocycles. The van der Waals surface area contributed by atoms with E-state index in [1.807, 2.05) is 48.5 Å². The third kappa shape index (κ3) is 1.91. The smallest absolute Gasteiger partial charge is 0.242 e. The molecule has 1 saturated heterocycles. The first-order chi connectivity index (χ1) is 10.2. The highest BCUT2D eigenvalue weighted by Crippen LogP contribution is 2.36. The first kappa shape index (κ1) is 12.4. The number of nitrogens with two attached hydrogens (primary N) is 1. The van der Waals surface area contributed by atoms with Crippen molar-refractivity contribution in [2.24, 2.45) is 0 Å². The van der Waals surface area contributed by atoms with Crippen molar-refractivity contribution in [2.45, 2.75) is 24.5 Å². The molecule has 1 amide bonds. The molecular formula is C17H17N3O. The molecule has 4 rings (SSSR count). The molecule has 106 valence electrons. The Balaban J connectivity index is 1.64. The molecule has 4 N–H and O–H groups in total. The molecular weight excluding hydrogens is 262 g/mol. The molecule has 0 saturated carbocycles. The molecule has 4 heteroatoms. The number of rotatable bonds is 1. The molecule has 0 radical (unpaired) electrons. The Labute approximate surface area is 123 Å². The molecule has 21 heavy (non-hydrogen) atoms. The van der Waals surface area contributed by atoms with E-state index >= 15 is 0 Å². The minimum absolute atomic E-state index is 0.0751. The summed E-state index contributed by atoms with van der Waals surface area (Å²) in [5, 5.41) is 6.57. The van der Waals surface area contributed by atoms with Crippen LogP contribution in [0.5, 0.6) is 0 Å². The number of carbonyl (C=O) groups is 1. The zero-order chi connectivity index (χ0) is 14.4. The third-order valence-electron chi connectivity index (χ3n) is 4.48. The SMILES string of the molecule is Nc1ccc2c(c1)CC1(C2)NC(c2ccccc2)NC1=O. The lowest BCUT2D eigenvalue weighted by Crippen LogP contribution is -2.47. The van der Waals surface area contributed by atoms with E-state index in [0.717, 1.165) is 17.7 Å². The maximum absolute atomic E-state index is 12.5. The standard InChI is InChI=1S/C17H17N3O/c18-14-7-6-12-9-17(10-13(12)8-14)16(21)19-15(20-17)11-4-2-1-3-5-11/h1-8,15,20H,9-10,18H2,(H,19,21). The van der Waals surface area contributed by atoms with E-state index in [9.17, 15) is 4.79 Å². The summed E-state index contributed by atoms with van der Waals surface area (Å²) < 4.78 is 0. The van der Waals surface area contributed by atoms with Crippen LogP contribution in [0.2, 0.25) is 0 Å². The summed E-state index contributed by atoms with van der Waals surface area (Å²) in [6.45, 7) is 0. The summed E-state index contributed by atoms with van der Waals surface area (Å²) in [6.07, 6.45) is 1.30. The van der Waals surface area contributed by atoms with E-state index < -0.39 is 5.54 Å². The van der Waals surface area contributed by atoms with Gasteiger partial charge in [-0.1, -0.05) is 36.4 Å². The van der Waals surface area contributed by atoms with Gasteiger partial charge in [-0.15, -0.1) is 0 Å². The first-order valence-electron chi connectivity index (χ1n) is 7.17. The molecule has 2 aliphatic rings. The summed E-state index contributed by atoms with van der Waals surface area (Å²) >= 11 is 0. The van der Waals surface area contributed by atoms with Crippen molar-refractivity contribution in [1.29, 1.82) is 0 Å². The second-order valence-corrected chi connectivity index (χ2v) is 5.93. The van der Waals surface area contributed by atoms with Gasteiger partial charge in [-0.25, -0.2) is 0 Å². The van der Waals surface area contributed by atoms with Gasteiger partial charge in [0, 0.05) is 18.5 Å². The highest BCUT2D eigenvalue weighted by Gasteiger charge is 2.50. The fourth-order valence-electron chi connectivity index (χ4n) is 3.42. The minimum atomic E-state index is -0.531. The minimum Gasteiger partial charge on any atom is -0.399 e. The second-order valence-electron chi connectivity index (χ2n) is 5.93. The summed E-state index contributed by atoms with van der Waals surface area (Å²) in [5.41, 5.74) is 9.54. The Morgan fingerprint density at radius 1 is 1.05 bits per heavy atom. The Morgan fingerprint density at radius 2 is 1.81 bits per heavy atom. The van der Waals surface area contributed by atoms with Crippen molar-refractivity contribution in [3.63, 3.8) is 0 Å². The highest BCUT2D eigenvalue weighted by molar-refractivity contribution is 5.90. The van der Waals surface area contributed by atoms with Gasteiger partial charge < -0.3 is 11.1 Å². The van der Waals surface area contributed by atoms with Crippen molar-refractivity contribution in [3.8, 4) is 0 Å². The molecule has 1 fully saturated rings. The largest absolute Gasteiger partial charge is 0.399 e. The van der Waals surface area contributed by atoms with Crippen molar-refractivity contribution in [2.75, 3.05) is 5.73 Å². The molecule has 1 heterocycles. The predicted octanol–water partition coefficient (Wildman–Crippen LogP) is 1.52. The van der Waals surface area contributed by atoms with Crippen molar-refractivity contribution in [3.05, 3.63) is 65.2 Å². The number of hydrogen-bond donors (Lipinski definition) is 3. The van der Waals surface area contributed by atoms with Crippen LogP contribution in [0.4, 0.5) is 5.69 Å². The molecule has 2 atom stereocenters. The Bertz CT molecular complexity index is 713. The number of amides is 1. The molecule has 2 unspecified atom stereocenters. The van der Waals surface area contributed by atoms with Crippen LogP contribution < -0.4 is 16.4 Å². The van der Waals surface area contributed by atoms with Gasteiger partial charge in [-0.05, 0) is 28.8 Å². The summed E-state index contributed by atoms with van der Waals surface area (Å²) in [4.78, 5) is 12.5. The van der Waals surface area contributed by atoms with Gasteiger partial charge in [0.1, 0.15) is 11.7 Å². The average molecular weight is 279 g/mol. The Hall–Kier alpha value is -2.33. The zero-order valence-electron chi connectivity index (χ0n) is 11.6. The van der Waals surface area contributed by atoms with Crippen LogP contribution in [-0.4, -0.2) is 11.4 Å². The monoisotopic (exact) mass is 279 g/mol. The number of carbonyl (C=O) groups excluding carboxylic acids is 1. The fraction of sp³-hybridized carbons (Fsp3) is 0.235. The number of hydrogen-bond acceptors (Lipinski definition) is 3. The molecule has 2 aromatic rings. The van der Waals surface area contributed by atoms with Crippen molar-refractivity contribution in [1.82, 2.24) is 10.6 Å². The Kier molecular flexibility index (Phi) is 2.56. The van der Waals surface area contributed by atoms with Crippen LogP contribution in [0.25, 0.3) is 0 Å².